The molecule has 1 aliphatic heterocycles. The maximum Gasteiger partial charge on any atom is 0.410 e. The van der Waals surface area contributed by atoms with Crippen LogP contribution in [0.25, 0.3) is 0 Å². The second kappa shape index (κ2) is 6.32. The third kappa shape index (κ3) is 4.55. The van der Waals surface area contributed by atoms with Gasteiger partial charge in [0, 0.05) is 6.54 Å². The maximum absolute atomic E-state index is 12.2. The van der Waals surface area contributed by atoms with Crippen LogP contribution in [0.2, 0.25) is 18.1 Å². The summed E-state index contributed by atoms with van der Waals surface area (Å²) >= 11 is 0. The zero-order valence-electron chi connectivity index (χ0n) is 15.2. The molecule has 2 atom stereocenters. The van der Waals surface area contributed by atoms with Crippen LogP contribution in [0.1, 0.15) is 48.0 Å². The van der Waals surface area contributed by atoms with E-state index < -0.39 is 26.1 Å². The highest BCUT2D eigenvalue weighted by molar-refractivity contribution is 6.74. The molecule has 0 aromatic heterocycles. The molecule has 6 heteroatoms. The van der Waals surface area contributed by atoms with E-state index in [1.807, 2.05) is 20.8 Å². The molecule has 1 rings (SSSR count). The molecule has 1 heterocycles. The largest absolute Gasteiger partial charge is 0.444 e. The zero-order valence-corrected chi connectivity index (χ0v) is 16.2. The minimum absolute atomic E-state index is 0.0692. The Morgan fingerprint density at radius 2 is 1.73 bits per heavy atom. The fourth-order valence-electron chi connectivity index (χ4n) is 2.17. The summed E-state index contributed by atoms with van der Waals surface area (Å²) in [6.45, 7) is 16.8. The Kier molecular flexibility index (Phi) is 5.50. The van der Waals surface area contributed by atoms with Gasteiger partial charge < -0.3 is 14.0 Å². The molecular weight excluding hydrogens is 298 g/mol. The van der Waals surface area contributed by atoms with E-state index >= 15 is 0 Å². The van der Waals surface area contributed by atoms with Crippen molar-refractivity contribution in [2.45, 2.75) is 83.8 Å². The van der Waals surface area contributed by atoms with Crippen LogP contribution in [-0.2, 0) is 14.0 Å². The van der Waals surface area contributed by atoms with Gasteiger partial charge in [0.1, 0.15) is 17.9 Å². The first-order valence-electron chi connectivity index (χ1n) is 7.91. The molecule has 0 bridgehead atoms. The summed E-state index contributed by atoms with van der Waals surface area (Å²) in [5, 5.41) is 0.0692. The van der Waals surface area contributed by atoms with Gasteiger partial charge in [-0.1, -0.05) is 20.8 Å². The molecule has 0 N–H and O–H groups in total. The number of carbonyl (C=O) groups is 2. The Hall–Kier alpha value is -0.883. The fraction of sp³-hybridized carbons (Fsp3) is 0.875. The number of hydrogen-bond donors (Lipinski definition) is 0. The van der Waals surface area contributed by atoms with E-state index in [9.17, 15) is 9.59 Å². The van der Waals surface area contributed by atoms with Gasteiger partial charge in [0.25, 0.3) is 0 Å². The van der Waals surface area contributed by atoms with Gasteiger partial charge in [-0.25, -0.2) is 4.79 Å². The normalized spacial score (nSPS) is 23.5. The van der Waals surface area contributed by atoms with Gasteiger partial charge in [-0.2, -0.15) is 0 Å². The van der Waals surface area contributed by atoms with Crippen molar-refractivity contribution in [3.05, 3.63) is 0 Å². The lowest BCUT2D eigenvalue weighted by molar-refractivity contribution is -0.113. The smallest absolute Gasteiger partial charge is 0.410 e. The van der Waals surface area contributed by atoms with Gasteiger partial charge in [0.05, 0.1) is 6.10 Å². The van der Waals surface area contributed by atoms with Crippen molar-refractivity contribution >= 4 is 20.7 Å². The average Bonchev–Trinajstić information content (AvgIpc) is 2.67. The van der Waals surface area contributed by atoms with Crippen molar-refractivity contribution in [2.24, 2.45) is 0 Å². The van der Waals surface area contributed by atoms with Crippen molar-refractivity contribution in [3.63, 3.8) is 0 Å². The molecular formula is C16H31NO4Si. The standard InChI is InChI=1S/C16H31NO4Si/c1-15(2,3)20-14(19)17-10-9-13(12(17)11-18)21-22(7,8)16(4,5)6/h11-13H,9-10H2,1-8H3/t12-,13-/m0/s1. The van der Waals surface area contributed by atoms with E-state index in [-0.39, 0.29) is 11.1 Å². The first-order valence-corrected chi connectivity index (χ1v) is 10.8. The van der Waals surface area contributed by atoms with Crippen molar-refractivity contribution in [1.82, 2.24) is 4.90 Å². The summed E-state index contributed by atoms with van der Waals surface area (Å²) in [6, 6.07) is -0.552. The highest BCUT2D eigenvalue weighted by Gasteiger charge is 2.45. The monoisotopic (exact) mass is 329 g/mol. The lowest BCUT2D eigenvalue weighted by atomic mass is 10.2. The molecule has 1 fully saturated rings. The number of likely N-dealkylation sites (tertiary alicyclic amines) is 1. The molecule has 1 amide bonds. The van der Waals surface area contributed by atoms with E-state index in [4.69, 9.17) is 9.16 Å². The fourth-order valence-corrected chi connectivity index (χ4v) is 3.53. The lowest BCUT2D eigenvalue weighted by Gasteiger charge is -2.39. The first kappa shape index (κ1) is 19.2. The van der Waals surface area contributed by atoms with Crippen molar-refractivity contribution in [2.75, 3.05) is 6.54 Å². The van der Waals surface area contributed by atoms with Crippen molar-refractivity contribution in [1.29, 1.82) is 0 Å². The molecule has 0 unspecified atom stereocenters. The van der Waals surface area contributed by atoms with Crippen LogP contribution in [0.3, 0.4) is 0 Å². The summed E-state index contributed by atoms with van der Waals surface area (Å²) in [6.07, 6.45) is 0.820. The number of carbonyl (C=O) groups excluding carboxylic acids is 2. The van der Waals surface area contributed by atoms with Crippen LogP contribution >= 0.6 is 0 Å². The summed E-state index contributed by atoms with van der Waals surface area (Å²) in [7, 11) is -1.98. The molecule has 22 heavy (non-hydrogen) atoms. The Labute approximate surface area is 135 Å². The van der Waals surface area contributed by atoms with Crippen molar-refractivity contribution < 1.29 is 18.8 Å². The molecule has 0 aliphatic carbocycles. The van der Waals surface area contributed by atoms with Gasteiger partial charge in [-0.3, -0.25) is 4.90 Å². The number of ether oxygens (including phenoxy) is 1. The molecule has 0 radical (unpaired) electrons. The summed E-state index contributed by atoms with van der Waals surface area (Å²) in [5.74, 6) is 0. The molecule has 1 aliphatic rings. The van der Waals surface area contributed by atoms with Crippen molar-refractivity contribution in [3.8, 4) is 0 Å². The van der Waals surface area contributed by atoms with Crippen LogP contribution in [0.4, 0.5) is 4.79 Å². The van der Waals surface area contributed by atoms with Gasteiger partial charge >= 0.3 is 6.09 Å². The Bertz CT molecular complexity index is 423. The predicted octanol–water partition coefficient (Wildman–Crippen LogP) is 3.59. The van der Waals surface area contributed by atoms with Gasteiger partial charge in [-0.05, 0) is 45.3 Å². The topological polar surface area (TPSA) is 55.8 Å². The first-order chi connectivity index (χ1) is 9.78. The van der Waals surface area contributed by atoms with Crippen LogP contribution in [0.15, 0.2) is 0 Å². The number of rotatable bonds is 3. The number of nitrogens with zero attached hydrogens (tertiary/aromatic N) is 1. The Balaban J connectivity index is 2.82. The molecule has 0 spiro atoms. The summed E-state index contributed by atoms with van der Waals surface area (Å²) in [5.41, 5.74) is -0.567. The highest BCUT2D eigenvalue weighted by atomic mass is 28.4. The minimum Gasteiger partial charge on any atom is -0.444 e. The van der Waals surface area contributed by atoms with E-state index in [0.717, 1.165) is 6.29 Å². The van der Waals surface area contributed by atoms with Crippen LogP contribution in [-0.4, -0.2) is 49.9 Å². The maximum atomic E-state index is 12.2. The summed E-state index contributed by atoms with van der Waals surface area (Å²) in [4.78, 5) is 25.3. The number of hydrogen-bond acceptors (Lipinski definition) is 4. The van der Waals surface area contributed by atoms with E-state index in [2.05, 4.69) is 33.9 Å². The van der Waals surface area contributed by atoms with E-state index in [0.29, 0.717) is 13.0 Å². The second-order valence-electron chi connectivity index (χ2n) is 8.51. The number of amides is 1. The van der Waals surface area contributed by atoms with Crippen LogP contribution in [0.5, 0.6) is 0 Å². The third-order valence-electron chi connectivity index (χ3n) is 4.41. The molecule has 128 valence electrons. The Morgan fingerprint density at radius 1 is 1.18 bits per heavy atom. The number of aldehydes is 1. The average molecular weight is 330 g/mol. The summed E-state index contributed by atoms with van der Waals surface area (Å²) < 4.78 is 11.7. The molecule has 0 aromatic carbocycles. The third-order valence-corrected chi connectivity index (χ3v) is 8.92. The minimum atomic E-state index is -1.98. The van der Waals surface area contributed by atoms with Crippen LogP contribution < -0.4 is 0 Å². The van der Waals surface area contributed by atoms with E-state index in [1.54, 1.807) is 0 Å². The molecule has 0 saturated carbocycles. The van der Waals surface area contributed by atoms with Crippen LogP contribution in [0, 0.1) is 0 Å². The Morgan fingerprint density at radius 3 is 2.14 bits per heavy atom. The SMILES string of the molecule is CC(C)(C)OC(=O)N1CC[C@H](O[Si](C)(C)C(C)(C)C)[C@@H]1C=O. The van der Waals surface area contributed by atoms with E-state index in [1.165, 1.54) is 4.90 Å². The van der Waals surface area contributed by atoms with Gasteiger partial charge in [0.15, 0.2) is 8.32 Å². The van der Waals surface area contributed by atoms with Gasteiger partial charge in [-0.15, -0.1) is 0 Å². The zero-order chi connectivity index (χ0) is 17.3. The highest BCUT2D eigenvalue weighted by Crippen LogP contribution is 2.39. The lowest BCUT2D eigenvalue weighted by Crippen LogP contribution is -2.49. The second-order valence-corrected chi connectivity index (χ2v) is 13.3. The quantitative estimate of drug-likeness (QED) is 0.586. The molecule has 5 nitrogen and oxygen atoms in total. The predicted molar refractivity (Wildman–Crippen MR) is 89.5 cm³/mol. The molecule has 1 saturated heterocycles. The molecule has 0 aromatic rings. The van der Waals surface area contributed by atoms with Gasteiger partial charge in [0.2, 0.25) is 0 Å².